The van der Waals surface area contributed by atoms with Crippen LogP contribution in [0.4, 0.5) is 0 Å². The van der Waals surface area contributed by atoms with Gasteiger partial charge in [-0.05, 0) is 38.3 Å². The molecule has 112 valence electrons. The Bertz CT molecular complexity index is 589. The summed E-state index contributed by atoms with van der Waals surface area (Å²) in [6.07, 6.45) is 8.08. The zero-order valence-electron chi connectivity index (χ0n) is 13.0. The molecule has 1 atom stereocenters. The van der Waals surface area contributed by atoms with Gasteiger partial charge in [-0.15, -0.1) is 0 Å². The van der Waals surface area contributed by atoms with Crippen LogP contribution in [-0.2, 0) is 12.0 Å². The molecule has 2 aromatic rings. The van der Waals surface area contributed by atoms with Crippen molar-refractivity contribution in [2.24, 2.45) is 5.73 Å². The van der Waals surface area contributed by atoms with Gasteiger partial charge in [0.1, 0.15) is 0 Å². The number of hydrogen-bond donors (Lipinski definition) is 1. The second-order valence-electron chi connectivity index (χ2n) is 6.69. The van der Waals surface area contributed by atoms with Crippen molar-refractivity contribution in [2.75, 3.05) is 0 Å². The van der Waals surface area contributed by atoms with Crippen LogP contribution in [0.15, 0.2) is 36.5 Å². The van der Waals surface area contributed by atoms with Crippen LogP contribution in [0.3, 0.4) is 0 Å². The van der Waals surface area contributed by atoms with Crippen molar-refractivity contribution in [3.63, 3.8) is 0 Å². The molecule has 0 spiro atoms. The number of nitrogens with two attached hydrogens (primary N) is 1. The van der Waals surface area contributed by atoms with Gasteiger partial charge in [0, 0.05) is 18.2 Å². The molecular weight excluding hydrogens is 258 g/mol. The van der Waals surface area contributed by atoms with Gasteiger partial charge in [-0.1, -0.05) is 42.7 Å². The van der Waals surface area contributed by atoms with Crippen molar-refractivity contribution in [3.8, 4) is 0 Å². The van der Waals surface area contributed by atoms with Gasteiger partial charge < -0.3 is 5.73 Å². The fraction of sp³-hybridized carbons (Fsp3) is 0.500. The highest BCUT2D eigenvalue weighted by molar-refractivity contribution is 5.28. The minimum atomic E-state index is -0.372. The van der Waals surface area contributed by atoms with Gasteiger partial charge >= 0.3 is 0 Å². The topological polar surface area (TPSA) is 43.8 Å². The lowest BCUT2D eigenvalue weighted by Gasteiger charge is -2.24. The SMILES string of the molecule is Cc1ccc(C(C)(N)Cc2ccn(C3CCCC3)n2)cc1. The summed E-state index contributed by atoms with van der Waals surface area (Å²) in [5.41, 5.74) is 9.69. The summed E-state index contributed by atoms with van der Waals surface area (Å²) < 4.78 is 2.15. The summed E-state index contributed by atoms with van der Waals surface area (Å²) in [6.45, 7) is 4.19. The molecule has 1 saturated carbocycles. The van der Waals surface area contributed by atoms with Gasteiger partial charge in [0.25, 0.3) is 0 Å². The van der Waals surface area contributed by atoms with E-state index >= 15 is 0 Å². The van der Waals surface area contributed by atoms with E-state index in [1.807, 2.05) is 0 Å². The van der Waals surface area contributed by atoms with Crippen LogP contribution in [0.1, 0.15) is 55.5 Å². The van der Waals surface area contributed by atoms with Crippen LogP contribution < -0.4 is 5.73 Å². The molecule has 0 radical (unpaired) electrons. The highest BCUT2D eigenvalue weighted by Crippen LogP contribution is 2.29. The quantitative estimate of drug-likeness (QED) is 0.929. The first-order valence-electron chi connectivity index (χ1n) is 7.95. The number of hydrogen-bond acceptors (Lipinski definition) is 2. The number of aromatic nitrogens is 2. The Morgan fingerprint density at radius 1 is 1.19 bits per heavy atom. The maximum Gasteiger partial charge on any atom is 0.0646 e. The lowest BCUT2D eigenvalue weighted by molar-refractivity contribution is 0.445. The van der Waals surface area contributed by atoms with E-state index in [-0.39, 0.29) is 5.54 Å². The van der Waals surface area contributed by atoms with Crippen molar-refractivity contribution in [3.05, 3.63) is 53.3 Å². The van der Waals surface area contributed by atoms with Crippen molar-refractivity contribution in [2.45, 2.75) is 57.5 Å². The Morgan fingerprint density at radius 3 is 2.52 bits per heavy atom. The molecule has 0 amide bonds. The maximum absolute atomic E-state index is 6.53. The lowest BCUT2D eigenvalue weighted by atomic mass is 9.88. The summed E-state index contributed by atoms with van der Waals surface area (Å²) in [6, 6.07) is 11.2. The van der Waals surface area contributed by atoms with Gasteiger partial charge in [0.05, 0.1) is 11.7 Å². The van der Waals surface area contributed by atoms with E-state index in [4.69, 9.17) is 10.8 Å². The summed E-state index contributed by atoms with van der Waals surface area (Å²) in [5, 5.41) is 4.76. The van der Waals surface area contributed by atoms with Crippen LogP contribution in [0, 0.1) is 6.92 Å². The molecular formula is C18H25N3. The molecule has 1 unspecified atom stereocenters. The van der Waals surface area contributed by atoms with Crippen LogP contribution in [-0.4, -0.2) is 9.78 Å². The number of nitrogens with zero attached hydrogens (tertiary/aromatic N) is 2. The molecule has 21 heavy (non-hydrogen) atoms. The monoisotopic (exact) mass is 283 g/mol. The van der Waals surface area contributed by atoms with Gasteiger partial charge in [-0.2, -0.15) is 5.10 Å². The van der Waals surface area contributed by atoms with Gasteiger partial charge in [0.2, 0.25) is 0 Å². The molecule has 3 nitrogen and oxygen atoms in total. The van der Waals surface area contributed by atoms with Gasteiger partial charge in [-0.3, -0.25) is 4.68 Å². The first kappa shape index (κ1) is 14.3. The minimum Gasteiger partial charge on any atom is -0.321 e. The lowest BCUT2D eigenvalue weighted by Crippen LogP contribution is -2.35. The highest BCUT2D eigenvalue weighted by Gasteiger charge is 2.24. The Balaban J connectivity index is 1.74. The van der Waals surface area contributed by atoms with Crippen LogP contribution in [0.25, 0.3) is 0 Å². The second kappa shape index (κ2) is 5.64. The molecule has 1 heterocycles. The number of benzene rings is 1. The summed E-state index contributed by atoms with van der Waals surface area (Å²) >= 11 is 0. The zero-order chi connectivity index (χ0) is 14.9. The van der Waals surface area contributed by atoms with E-state index in [1.54, 1.807) is 0 Å². The normalized spacial score (nSPS) is 18.8. The van der Waals surface area contributed by atoms with Crippen molar-refractivity contribution >= 4 is 0 Å². The molecule has 1 aliphatic rings. The minimum absolute atomic E-state index is 0.372. The van der Waals surface area contributed by atoms with Crippen LogP contribution in [0.2, 0.25) is 0 Å². The molecule has 0 bridgehead atoms. The van der Waals surface area contributed by atoms with Crippen LogP contribution >= 0.6 is 0 Å². The Kier molecular flexibility index (Phi) is 3.85. The van der Waals surface area contributed by atoms with Crippen molar-refractivity contribution in [1.82, 2.24) is 9.78 Å². The fourth-order valence-electron chi connectivity index (χ4n) is 3.26. The van der Waals surface area contributed by atoms with E-state index in [0.717, 1.165) is 12.1 Å². The van der Waals surface area contributed by atoms with E-state index in [9.17, 15) is 0 Å². The second-order valence-corrected chi connectivity index (χ2v) is 6.69. The van der Waals surface area contributed by atoms with E-state index in [2.05, 4.69) is 55.1 Å². The highest BCUT2D eigenvalue weighted by atomic mass is 15.3. The molecule has 1 aromatic carbocycles. The van der Waals surface area contributed by atoms with Crippen molar-refractivity contribution < 1.29 is 0 Å². The summed E-state index contributed by atoms with van der Waals surface area (Å²) in [4.78, 5) is 0. The van der Waals surface area contributed by atoms with E-state index < -0.39 is 0 Å². The van der Waals surface area contributed by atoms with E-state index in [0.29, 0.717) is 6.04 Å². The van der Waals surface area contributed by atoms with E-state index in [1.165, 1.54) is 36.8 Å². The van der Waals surface area contributed by atoms with Gasteiger partial charge in [-0.25, -0.2) is 0 Å². The van der Waals surface area contributed by atoms with Crippen LogP contribution in [0.5, 0.6) is 0 Å². The smallest absolute Gasteiger partial charge is 0.0646 e. The first-order chi connectivity index (χ1) is 10.0. The fourth-order valence-corrected chi connectivity index (χ4v) is 3.26. The molecule has 1 aliphatic carbocycles. The third-order valence-electron chi connectivity index (χ3n) is 4.62. The average Bonchev–Trinajstić information content (AvgIpc) is 3.09. The predicted molar refractivity (Wildman–Crippen MR) is 86.2 cm³/mol. The maximum atomic E-state index is 6.53. The molecule has 2 N–H and O–H groups in total. The summed E-state index contributed by atoms with van der Waals surface area (Å²) in [7, 11) is 0. The first-order valence-corrected chi connectivity index (χ1v) is 7.95. The molecule has 1 fully saturated rings. The largest absolute Gasteiger partial charge is 0.321 e. The Labute approximate surface area is 127 Å². The average molecular weight is 283 g/mol. The molecule has 0 aliphatic heterocycles. The number of rotatable bonds is 4. The molecule has 0 saturated heterocycles. The van der Waals surface area contributed by atoms with Gasteiger partial charge in [0.15, 0.2) is 0 Å². The standard InChI is InChI=1S/C18H25N3/c1-14-7-9-15(10-8-14)18(2,19)13-16-11-12-21(20-16)17-5-3-4-6-17/h7-12,17H,3-6,13,19H2,1-2H3. The molecule has 3 heteroatoms. The summed E-state index contributed by atoms with van der Waals surface area (Å²) in [5.74, 6) is 0. The Morgan fingerprint density at radius 2 is 1.86 bits per heavy atom. The molecule has 1 aromatic heterocycles. The number of aryl methyl sites for hydroxylation is 1. The predicted octanol–water partition coefficient (Wildman–Crippen LogP) is 3.72. The third kappa shape index (κ3) is 3.18. The Hall–Kier alpha value is -1.61. The van der Waals surface area contributed by atoms with Crippen molar-refractivity contribution in [1.29, 1.82) is 0 Å². The zero-order valence-corrected chi connectivity index (χ0v) is 13.0. The third-order valence-corrected chi connectivity index (χ3v) is 4.62. The molecule has 3 rings (SSSR count).